The van der Waals surface area contributed by atoms with Crippen LogP contribution in [0.5, 0.6) is 0 Å². The molecule has 5 rings (SSSR count). The molecule has 0 radical (unpaired) electrons. The molecule has 0 bridgehead atoms. The van der Waals surface area contributed by atoms with Crippen molar-refractivity contribution in [1.82, 2.24) is 4.90 Å². The smallest absolute Gasteiger partial charge is 0.322 e. The number of furan rings is 1. The lowest BCUT2D eigenvalue weighted by Gasteiger charge is -2.52. The van der Waals surface area contributed by atoms with E-state index in [1.807, 2.05) is 36.4 Å². The standard InChI is InChI=1S/C20H17ClN2O4S2/c21-7-10-5-11(6-14-15(10)12-3-1-2-4-13(12)27-14)29-20(19(25)26)8-23-17(24)16(22)18(23)28-9-20/h1-6,16,18H,7-9,22H2,(H,25,26)/t16-,18-,20?/m1/s1. The summed E-state index contributed by atoms with van der Waals surface area (Å²) in [5.74, 6) is -0.490. The number of carboxylic acids is 1. The average Bonchev–Trinajstić information content (AvgIpc) is 3.10. The summed E-state index contributed by atoms with van der Waals surface area (Å²) in [5.41, 5.74) is 8.17. The van der Waals surface area contributed by atoms with Crippen molar-refractivity contribution in [3.8, 4) is 0 Å². The van der Waals surface area contributed by atoms with Gasteiger partial charge in [-0.1, -0.05) is 18.2 Å². The average molecular weight is 449 g/mol. The number of para-hydroxylation sites is 1. The Balaban J connectivity index is 1.55. The van der Waals surface area contributed by atoms with Crippen molar-refractivity contribution in [3.63, 3.8) is 0 Å². The topological polar surface area (TPSA) is 96.8 Å². The van der Waals surface area contributed by atoms with E-state index in [-0.39, 0.29) is 23.7 Å². The Labute approximate surface area is 179 Å². The first kappa shape index (κ1) is 19.1. The van der Waals surface area contributed by atoms with Crippen LogP contribution in [0.2, 0.25) is 0 Å². The van der Waals surface area contributed by atoms with Crippen molar-refractivity contribution in [2.24, 2.45) is 5.73 Å². The molecule has 2 aliphatic heterocycles. The third kappa shape index (κ3) is 2.84. The SMILES string of the molecule is N[C@@H]1C(=O)N2CC(Sc3cc(CCl)c4c(c3)oc3ccccc34)(C(=O)O)CS[C@H]12. The van der Waals surface area contributed by atoms with Crippen LogP contribution in [0.4, 0.5) is 0 Å². The lowest BCUT2D eigenvalue weighted by Crippen LogP contribution is -2.73. The fraction of sp³-hybridized carbons (Fsp3) is 0.300. The minimum Gasteiger partial charge on any atom is -0.480 e. The minimum absolute atomic E-state index is 0.131. The molecule has 6 nitrogen and oxygen atoms in total. The van der Waals surface area contributed by atoms with Crippen molar-refractivity contribution in [2.45, 2.75) is 26.9 Å². The molecule has 1 unspecified atom stereocenters. The maximum atomic E-state index is 12.3. The van der Waals surface area contributed by atoms with Crippen molar-refractivity contribution in [1.29, 1.82) is 0 Å². The van der Waals surface area contributed by atoms with Crippen LogP contribution < -0.4 is 5.73 Å². The highest BCUT2D eigenvalue weighted by Crippen LogP contribution is 2.47. The van der Waals surface area contributed by atoms with Gasteiger partial charge < -0.3 is 20.2 Å². The molecule has 29 heavy (non-hydrogen) atoms. The van der Waals surface area contributed by atoms with E-state index in [0.717, 1.165) is 26.8 Å². The zero-order chi connectivity index (χ0) is 20.3. The summed E-state index contributed by atoms with van der Waals surface area (Å²) in [6, 6.07) is 11.0. The predicted molar refractivity (Wildman–Crippen MR) is 115 cm³/mol. The van der Waals surface area contributed by atoms with Gasteiger partial charge in [0.15, 0.2) is 0 Å². The molecular formula is C20H17ClN2O4S2. The number of hydrogen-bond donors (Lipinski definition) is 2. The number of fused-ring (bicyclic) bond motifs is 4. The number of carbonyl (C=O) groups is 2. The van der Waals surface area contributed by atoms with Gasteiger partial charge in [-0.2, -0.15) is 0 Å². The van der Waals surface area contributed by atoms with E-state index in [9.17, 15) is 14.7 Å². The number of benzene rings is 2. The molecule has 2 aliphatic rings. The van der Waals surface area contributed by atoms with E-state index in [0.29, 0.717) is 11.3 Å². The molecule has 1 amide bonds. The lowest BCUT2D eigenvalue weighted by molar-refractivity contribution is -0.148. The van der Waals surface area contributed by atoms with Gasteiger partial charge >= 0.3 is 5.97 Å². The summed E-state index contributed by atoms with van der Waals surface area (Å²) in [6.45, 7) is 0.131. The van der Waals surface area contributed by atoms with Gasteiger partial charge in [0.25, 0.3) is 0 Å². The van der Waals surface area contributed by atoms with Crippen molar-refractivity contribution in [3.05, 3.63) is 42.0 Å². The van der Waals surface area contributed by atoms with Gasteiger partial charge in [-0.3, -0.25) is 9.59 Å². The summed E-state index contributed by atoms with van der Waals surface area (Å²) in [7, 11) is 0. The number of amides is 1. The molecule has 2 fully saturated rings. The van der Waals surface area contributed by atoms with Crippen LogP contribution in [0, 0.1) is 0 Å². The fourth-order valence-corrected chi connectivity index (χ4v) is 7.09. The largest absolute Gasteiger partial charge is 0.480 e. The molecule has 1 aromatic heterocycles. The summed E-state index contributed by atoms with van der Waals surface area (Å²) in [6.07, 6.45) is 0. The van der Waals surface area contributed by atoms with E-state index in [2.05, 4.69) is 0 Å². The molecule has 0 spiro atoms. The Morgan fingerprint density at radius 2 is 2.17 bits per heavy atom. The van der Waals surface area contributed by atoms with Gasteiger partial charge in [0.1, 0.15) is 27.3 Å². The summed E-state index contributed by atoms with van der Waals surface area (Å²) in [4.78, 5) is 26.7. The molecule has 2 aromatic carbocycles. The zero-order valence-electron chi connectivity index (χ0n) is 15.1. The van der Waals surface area contributed by atoms with Crippen molar-refractivity contribution >= 4 is 68.9 Å². The van der Waals surface area contributed by atoms with E-state index in [1.54, 1.807) is 4.90 Å². The van der Waals surface area contributed by atoms with Gasteiger partial charge in [-0.25, -0.2) is 0 Å². The van der Waals surface area contributed by atoms with Crippen LogP contribution in [-0.2, 0) is 15.5 Å². The molecule has 9 heteroatoms. The molecule has 0 aliphatic carbocycles. The quantitative estimate of drug-likeness (QED) is 0.465. The second kappa shape index (κ2) is 6.84. The number of alkyl halides is 1. The molecule has 3 atom stereocenters. The number of halogens is 1. The molecule has 150 valence electrons. The zero-order valence-corrected chi connectivity index (χ0v) is 17.5. The maximum Gasteiger partial charge on any atom is 0.322 e. The Hall–Kier alpha value is -1.87. The number of carbonyl (C=O) groups excluding carboxylic acids is 1. The second-order valence-electron chi connectivity index (χ2n) is 7.28. The number of aliphatic carboxylic acids is 1. The highest BCUT2D eigenvalue weighted by molar-refractivity contribution is 8.05. The first-order valence-electron chi connectivity index (χ1n) is 9.04. The normalized spacial score (nSPS) is 26.6. The summed E-state index contributed by atoms with van der Waals surface area (Å²) < 4.78 is 4.84. The van der Waals surface area contributed by atoms with Crippen LogP contribution in [0.25, 0.3) is 21.9 Å². The fourth-order valence-electron chi connectivity index (χ4n) is 3.99. The highest BCUT2D eigenvalue weighted by atomic mass is 35.5. The third-order valence-corrected chi connectivity index (χ3v) is 8.81. The third-order valence-electron chi connectivity index (χ3n) is 5.48. The van der Waals surface area contributed by atoms with E-state index in [1.165, 1.54) is 23.5 Å². The molecule has 0 saturated carbocycles. The number of nitrogens with zero attached hydrogens (tertiary/aromatic N) is 1. The first-order chi connectivity index (χ1) is 13.9. The second-order valence-corrected chi connectivity index (χ2v) is 10.1. The highest BCUT2D eigenvalue weighted by Gasteiger charge is 2.56. The first-order valence-corrected chi connectivity index (χ1v) is 11.4. The minimum atomic E-state index is -1.15. The number of thioether (sulfide) groups is 2. The van der Waals surface area contributed by atoms with Crippen LogP contribution in [0.1, 0.15) is 5.56 Å². The van der Waals surface area contributed by atoms with Gasteiger partial charge in [-0.05, 0) is 23.8 Å². The Morgan fingerprint density at radius 3 is 2.93 bits per heavy atom. The Bertz CT molecular complexity index is 1170. The van der Waals surface area contributed by atoms with Crippen LogP contribution in [0.3, 0.4) is 0 Å². The van der Waals surface area contributed by atoms with Crippen LogP contribution >= 0.6 is 35.1 Å². The maximum absolute atomic E-state index is 12.3. The molecule has 3 aromatic rings. The molecular weight excluding hydrogens is 432 g/mol. The van der Waals surface area contributed by atoms with E-state index in [4.69, 9.17) is 21.8 Å². The van der Waals surface area contributed by atoms with E-state index < -0.39 is 16.8 Å². The van der Waals surface area contributed by atoms with Crippen molar-refractivity contribution < 1.29 is 19.1 Å². The summed E-state index contributed by atoms with van der Waals surface area (Å²) in [5, 5.41) is 11.8. The number of β-lactam (4-membered cyclic amide) rings is 1. The number of hydrogen-bond acceptors (Lipinski definition) is 6. The molecule has 3 N–H and O–H groups in total. The molecule has 2 saturated heterocycles. The number of nitrogens with two attached hydrogens (primary N) is 1. The van der Waals surface area contributed by atoms with Gasteiger partial charge in [0, 0.05) is 33.8 Å². The van der Waals surface area contributed by atoms with Crippen molar-refractivity contribution in [2.75, 3.05) is 12.3 Å². The van der Waals surface area contributed by atoms with Gasteiger partial charge in [-0.15, -0.1) is 35.1 Å². The lowest BCUT2D eigenvalue weighted by atomic mass is 10.0. The van der Waals surface area contributed by atoms with Gasteiger partial charge in [0.05, 0.1) is 0 Å². The summed E-state index contributed by atoms with van der Waals surface area (Å²) >= 11 is 8.89. The van der Waals surface area contributed by atoms with Crippen LogP contribution in [-0.4, -0.2) is 50.3 Å². The Kier molecular flexibility index (Phi) is 4.51. The number of carboxylic acid groups (broad SMARTS) is 1. The number of rotatable bonds is 4. The monoisotopic (exact) mass is 448 g/mol. The van der Waals surface area contributed by atoms with E-state index >= 15 is 0 Å². The Morgan fingerprint density at radius 1 is 1.38 bits per heavy atom. The molecule has 3 heterocycles. The predicted octanol–water partition coefficient (Wildman–Crippen LogP) is 3.48. The van der Waals surface area contributed by atoms with Crippen LogP contribution in [0.15, 0.2) is 45.7 Å². The van der Waals surface area contributed by atoms with Gasteiger partial charge in [0.2, 0.25) is 5.91 Å².